The zero-order valence-corrected chi connectivity index (χ0v) is 18.1. The van der Waals surface area contributed by atoms with Crippen LogP contribution >= 0.6 is 0 Å². The summed E-state index contributed by atoms with van der Waals surface area (Å²) in [6.07, 6.45) is 3.86. The largest absolute Gasteiger partial charge is 0.483 e. The van der Waals surface area contributed by atoms with Crippen molar-refractivity contribution in [3.63, 3.8) is 0 Å². The Morgan fingerprint density at radius 3 is 2.57 bits per heavy atom. The van der Waals surface area contributed by atoms with Crippen molar-refractivity contribution in [2.75, 3.05) is 33.7 Å². The number of rotatable bonds is 3. The van der Waals surface area contributed by atoms with E-state index in [1.54, 1.807) is 4.90 Å². The first-order chi connectivity index (χ1) is 14.4. The Morgan fingerprint density at radius 1 is 1.27 bits per heavy atom. The molecule has 1 N–H and O–H groups in total. The molecule has 0 spiro atoms. The van der Waals surface area contributed by atoms with Gasteiger partial charge in [-0.2, -0.15) is 0 Å². The molecule has 8 nitrogen and oxygen atoms in total. The number of likely N-dealkylation sites (tertiary alicyclic amines) is 2. The van der Waals surface area contributed by atoms with Crippen LogP contribution in [0.25, 0.3) is 0 Å². The highest BCUT2D eigenvalue weighted by atomic mass is 16.3. The summed E-state index contributed by atoms with van der Waals surface area (Å²) in [6.45, 7) is 5.64. The summed E-state index contributed by atoms with van der Waals surface area (Å²) < 4.78 is 2.09. The third kappa shape index (κ3) is 4.33. The second-order valence-corrected chi connectivity index (χ2v) is 8.31. The molecule has 0 saturated carbocycles. The zero-order valence-electron chi connectivity index (χ0n) is 18.1. The lowest BCUT2D eigenvalue weighted by atomic mass is 9.88. The van der Waals surface area contributed by atoms with Gasteiger partial charge in [0.15, 0.2) is 0 Å². The lowest BCUT2D eigenvalue weighted by molar-refractivity contribution is -0.122. The van der Waals surface area contributed by atoms with Crippen LogP contribution in [0.4, 0.5) is 4.79 Å². The number of nitrogens with zero attached hydrogens (tertiary/aromatic N) is 5. The molecule has 2 aliphatic rings. The molecule has 0 unspecified atom stereocenters. The summed E-state index contributed by atoms with van der Waals surface area (Å²) in [5.41, 5.74) is 2.56. The molecular weight excluding hydrogens is 382 g/mol. The summed E-state index contributed by atoms with van der Waals surface area (Å²) in [7, 11) is 5.74. The maximum Gasteiger partial charge on any atom is 0.320 e. The number of amides is 2. The van der Waals surface area contributed by atoms with Crippen LogP contribution in [0, 0.1) is 18.8 Å². The summed E-state index contributed by atoms with van der Waals surface area (Å²) in [5, 5.41) is 6.89. The maximum atomic E-state index is 12.9. The highest BCUT2D eigenvalue weighted by molar-refractivity contribution is 5.75. The topological polar surface area (TPSA) is 81.9 Å². The van der Waals surface area contributed by atoms with E-state index < -0.39 is 0 Å². The van der Waals surface area contributed by atoms with Gasteiger partial charge in [-0.15, -0.1) is 0 Å². The Labute approximate surface area is 177 Å². The van der Waals surface area contributed by atoms with Gasteiger partial charge in [-0.05, 0) is 24.0 Å². The minimum absolute atomic E-state index is 0.119. The van der Waals surface area contributed by atoms with Crippen LogP contribution in [0.2, 0.25) is 0 Å². The second kappa shape index (κ2) is 9.30. The molecule has 1 aromatic carbocycles. The number of hydrogen-bond acceptors (Lipinski definition) is 4. The molecule has 3 atom stereocenters. The number of carbonyl (C=O) groups is 2. The van der Waals surface area contributed by atoms with E-state index in [1.807, 2.05) is 33.5 Å². The molecule has 2 aromatic rings. The first-order valence-corrected chi connectivity index (χ1v) is 10.2. The van der Waals surface area contributed by atoms with Crippen LogP contribution in [-0.4, -0.2) is 75.6 Å². The molecule has 0 aliphatic carbocycles. The van der Waals surface area contributed by atoms with Gasteiger partial charge in [-0.1, -0.05) is 24.3 Å². The van der Waals surface area contributed by atoms with Gasteiger partial charge >= 0.3 is 6.03 Å². The fourth-order valence-electron chi connectivity index (χ4n) is 4.79. The zero-order chi connectivity index (χ0) is 21.8. The van der Waals surface area contributed by atoms with Crippen molar-refractivity contribution in [1.29, 1.82) is 0 Å². The monoisotopic (exact) mass is 413 g/mol. The number of imidazole rings is 1. The molecule has 2 amide bonds. The Morgan fingerprint density at radius 2 is 1.97 bits per heavy atom. The van der Waals surface area contributed by atoms with E-state index in [9.17, 15) is 4.79 Å². The lowest BCUT2D eigenvalue weighted by Crippen LogP contribution is -2.41. The van der Waals surface area contributed by atoms with Gasteiger partial charge in [-0.25, -0.2) is 9.78 Å². The Hall–Kier alpha value is -2.87. The molecule has 0 bridgehead atoms. The summed E-state index contributed by atoms with van der Waals surface area (Å²) in [6, 6.07) is 8.78. The molecular formula is C22H31N5O3. The van der Waals surface area contributed by atoms with Crippen LogP contribution in [0.5, 0.6) is 0 Å². The molecule has 3 heterocycles. The molecule has 2 fully saturated rings. The average molecular weight is 414 g/mol. The van der Waals surface area contributed by atoms with E-state index in [0.717, 1.165) is 32.0 Å². The molecule has 8 heteroatoms. The van der Waals surface area contributed by atoms with Gasteiger partial charge in [-0.3, -0.25) is 9.69 Å². The highest BCUT2D eigenvalue weighted by Gasteiger charge is 2.49. The van der Waals surface area contributed by atoms with E-state index in [2.05, 4.69) is 50.5 Å². The highest BCUT2D eigenvalue weighted by Crippen LogP contribution is 2.46. The van der Waals surface area contributed by atoms with E-state index in [-0.39, 0.29) is 18.5 Å². The Bertz CT molecular complexity index is 881. The average Bonchev–Trinajstić information content (AvgIpc) is 3.37. The van der Waals surface area contributed by atoms with E-state index in [1.165, 1.54) is 11.1 Å². The Balaban J connectivity index is 0.000000806. The van der Waals surface area contributed by atoms with Crippen LogP contribution in [0.3, 0.4) is 0 Å². The number of aryl methyl sites for hydroxylation is 2. The van der Waals surface area contributed by atoms with Crippen molar-refractivity contribution < 1.29 is 14.7 Å². The number of aromatic nitrogens is 2. The van der Waals surface area contributed by atoms with E-state index >= 15 is 0 Å². The minimum atomic E-state index is -0.250. The summed E-state index contributed by atoms with van der Waals surface area (Å²) in [5.74, 6) is 2.08. The summed E-state index contributed by atoms with van der Waals surface area (Å²) >= 11 is 0. The number of carboxylic acid groups (broad SMARTS) is 1. The SMILES string of the molecule is Cc1ccccc1[C@H]1[C@@H]2CN(Cc3nccn3C)C[C@@H]2CN1C(=O)N(C)C.O=CO. The van der Waals surface area contributed by atoms with Crippen LogP contribution in [0.1, 0.15) is 23.0 Å². The molecule has 2 aliphatic heterocycles. The quantitative estimate of drug-likeness (QED) is 0.781. The molecule has 162 valence electrons. The maximum absolute atomic E-state index is 12.9. The standard InChI is InChI=1S/C21H29N5O.CH2O2/c1-15-7-5-6-8-17(15)20-18-13-25(14-19-22-9-10-24(19)4)11-16(18)12-26(20)21(27)23(2)3;2-1-3/h5-10,16,18,20H,11-14H2,1-4H3;1H,(H,2,3)/t16-,18-,20+;/m1./s1. The van der Waals surface area contributed by atoms with Crippen molar-refractivity contribution in [3.05, 3.63) is 53.6 Å². The van der Waals surface area contributed by atoms with E-state index in [0.29, 0.717) is 11.8 Å². The number of benzene rings is 1. The fraction of sp³-hybridized carbons (Fsp3) is 0.500. The van der Waals surface area contributed by atoms with Gasteiger partial charge in [0, 0.05) is 59.1 Å². The first-order valence-electron chi connectivity index (χ1n) is 10.2. The summed E-state index contributed by atoms with van der Waals surface area (Å²) in [4.78, 5) is 32.0. The number of urea groups is 1. The first kappa shape index (κ1) is 21.8. The Kier molecular flexibility index (Phi) is 6.77. The number of fused-ring (bicyclic) bond motifs is 1. The van der Waals surface area contributed by atoms with Gasteiger partial charge in [0.05, 0.1) is 12.6 Å². The number of carbonyl (C=O) groups excluding carboxylic acids is 1. The van der Waals surface area contributed by atoms with Crippen LogP contribution in [-0.2, 0) is 18.4 Å². The lowest BCUT2D eigenvalue weighted by Gasteiger charge is -2.32. The third-order valence-corrected chi connectivity index (χ3v) is 6.16. The van der Waals surface area contributed by atoms with Crippen molar-refractivity contribution >= 4 is 12.5 Å². The predicted molar refractivity (Wildman–Crippen MR) is 114 cm³/mol. The predicted octanol–water partition coefficient (Wildman–Crippen LogP) is 2.22. The normalized spacial score (nSPS) is 22.9. The third-order valence-electron chi connectivity index (χ3n) is 6.16. The van der Waals surface area contributed by atoms with Crippen LogP contribution < -0.4 is 0 Å². The molecule has 1 aromatic heterocycles. The number of hydrogen-bond donors (Lipinski definition) is 1. The minimum Gasteiger partial charge on any atom is -0.483 e. The molecule has 30 heavy (non-hydrogen) atoms. The van der Waals surface area contributed by atoms with Gasteiger partial charge in [0.2, 0.25) is 0 Å². The smallest absolute Gasteiger partial charge is 0.320 e. The van der Waals surface area contributed by atoms with Crippen molar-refractivity contribution in [3.8, 4) is 0 Å². The van der Waals surface area contributed by atoms with Gasteiger partial charge in [0.25, 0.3) is 6.47 Å². The fourth-order valence-corrected chi connectivity index (χ4v) is 4.79. The molecule has 4 rings (SSSR count). The second-order valence-electron chi connectivity index (χ2n) is 8.31. The molecule has 2 saturated heterocycles. The van der Waals surface area contributed by atoms with Gasteiger partial charge in [0.1, 0.15) is 5.82 Å². The van der Waals surface area contributed by atoms with Gasteiger partial charge < -0.3 is 19.5 Å². The van der Waals surface area contributed by atoms with Crippen molar-refractivity contribution in [2.45, 2.75) is 19.5 Å². The van der Waals surface area contributed by atoms with Crippen molar-refractivity contribution in [2.24, 2.45) is 18.9 Å². The van der Waals surface area contributed by atoms with Crippen LogP contribution in [0.15, 0.2) is 36.7 Å². The van der Waals surface area contributed by atoms with Crippen molar-refractivity contribution in [1.82, 2.24) is 24.3 Å². The molecule has 0 radical (unpaired) electrons. The van der Waals surface area contributed by atoms with E-state index in [4.69, 9.17) is 9.90 Å².